The summed E-state index contributed by atoms with van der Waals surface area (Å²) in [5.74, 6) is 0. The van der Waals surface area contributed by atoms with Gasteiger partial charge in [-0.25, -0.2) is 0 Å². The fourth-order valence-corrected chi connectivity index (χ4v) is 2.05. The van der Waals surface area contributed by atoms with Crippen molar-refractivity contribution in [1.82, 2.24) is 4.90 Å². The second-order valence-electron chi connectivity index (χ2n) is 4.57. The summed E-state index contributed by atoms with van der Waals surface area (Å²) in [7, 11) is 0. The third-order valence-electron chi connectivity index (χ3n) is 2.79. The van der Waals surface area contributed by atoms with Gasteiger partial charge in [0, 0.05) is 29.8 Å². The lowest BCUT2D eigenvalue weighted by atomic mass is 10.3. The highest BCUT2D eigenvalue weighted by Crippen LogP contribution is 2.14. The topological polar surface area (TPSA) is 15.3 Å². The third kappa shape index (κ3) is 5.42. The van der Waals surface area contributed by atoms with Crippen molar-refractivity contribution in [2.24, 2.45) is 0 Å². The van der Waals surface area contributed by atoms with Crippen LogP contribution in [0.5, 0.6) is 0 Å². The van der Waals surface area contributed by atoms with Gasteiger partial charge in [0.25, 0.3) is 0 Å². The molecule has 0 aromatic heterocycles. The first kappa shape index (κ1) is 14.3. The Morgan fingerprint density at radius 2 is 2.06 bits per heavy atom. The van der Waals surface area contributed by atoms with Crippen LogP contribution >= 0.6 is 11.6 Å². The van der Waals surface area contributed by atoms with Crippen LogP contribution in [0.4, 0.5) is 5.69 Å². The van der Waals surface area contributed by atoms with E-state index < -0.39 is 0 Å². The molecule has 1 aromatic carbocycles. The Balaban J connectivity index is 2.35. The second kappa shape index (κ2) is 7.57. The van der Waals surface area contributed by atoms with Crippen LogP contribution in [0.2, 0.25) is 5.02 Å². The number of anilines is 1. The van der Waals surface area contributed by atoms with Crippen LogP contribution in [0.25, 0.3) is 0 Å². The van der Waals surface area contributed by atoms with Gasteiger partial charge in [-0.1, -0.05) is 24.6 Å². The van der Waals surface area contributed by atoms with Crippen LogP contribution in [-0.2, 0) is 0 Å². The molecule has 0 amide bonds. The molecule has 0 atom stereocenters. The van der Waals surface area contributed by atoms with Crippen molar-refractivity contribution < 1.29 is 0 Å². The number of nitrogens with zero attached hydrogens (tertiary/aromatic N) is 1. The van der Waals surface area contributed by atoms with Gasteiger partial charge in [-0.2, -0.15) is 0 Å². The summed E-state index contributed by atoms with van der Waals surface area (Å²) in [6.45, 7) is 9.90. The minimum Gasteiger partial charge on any atom is -0.384 e. The Kier molecular flexibility index (Phi) is 6.38. The molecule has 0 spiro atoms. The standard InChI is InChI=1S/C14H23ClN2/c1-4-9-17(12(2)3)10-8-16-14-7-5-6-13(15)11-14/h5-7,11-12,16H,4,8-10H2,1-3H3. The Bertz CT molecular complexity index is 326. The van der Waals surface area contributed by atoms with Crippen molar-refractivity contribution in [3.8, 4) is 0 Å². The van der Waals surface area contributed by atoms with E-state index in [1.54, 1.807) is 0 Å². The van der Waals surface area contributed by atoms with E-state index in [0.29, 0.717) is 6.04 Å². The highest BCUT2D eigenvalue weighted by molar-refractivity contribution is 6.30. The first-order valence-corrected chi connectivity index (χ1v) is 6.74. The molecule has 17 heavy (non-hydrogen) atoms. The van der Waals surface area contributed by atoms with Crippen LogP contribution < -0.4 is 5.32 Å². The van der Waals surface area contributed by atoms with E-state index in [4.69, 9.17) is 11.6 Å². The van der Waals surface area contributed by atoms with Gasteiger partial charge in [0.2, 0.25) is 0 Å². The van der Waals surface area contributed by atoms with Crippen molar-refractivity contribution in [3.05, 3.63) is 29.3 Å². The number of halogens is 1. The molecule has 96 valence electrons. The van der Waals surface area contributed by atoms with E-state index >= 15 is 0 Å². The lowest BCUT2D eigenvalue weighted by Gasteiger charge is -2.26. The summed E-state index contributed by atoms with van der Waals surface area (Å²) < 4.78 is 0. The highest BCUT2D eigenvalue weighted by atomic mass is 35.5. The van der Waals surface area contributed by atoms with Gasteiger partial charge >= 0.3 is 0 Å². The first-order chi connectivity index (χ1) is 8.13. The minimum atomic E-state index is 0.608. The van der Waals surface area contributed by atoms with Gasteiger partial charge in [-0.15, -0.1) is 0 Å². The molecule has 0 saturated carbocycles. The Morgan fingerprint density at radius 1 is 1.29 bits per heavy atom. The van der Waals surface area contributed by atoms with Crippen molar-refractivity contribution in [1.29, 1.82) is 0 Å². The largest absolute Gasteiger partial charge is 0.384 e. The highest BCUT2D eigenvalue weighted by Gasteiger charge is 2.07. The number of hydrogen-bond acceptors (Lipinski definition) is 2. The summed E-state index contributed by atoms with van der Waals surface area (Å²) in [5, 5.41) is 4.18. The van der Waals surface area contributed by atoms with Gasteiger partial charge in [-0.05, 0) is 45.0 Å². The number of nitrogens with one attached hydrogen (secondary N) is 1. The molecule has 0 bridgehead atoms. The average Bonchev–Trinajstić information content (AvgIpc) is 2.28. The quantitative estimate of drug-likeness (QED) is 0.795. The lowest BCUT2D eigenvalue weighted by Crippen LogP contribution is -2.35. The maximum Gasteiger partial charge on any atom is 0.0426 e. The van der Waals surface area contributed by atoms with Gasteiger partial charge in [0.05, 0.1) is 0 Å². The molecule has 0 aliphatic rings. The van der Waals surface area contributed by atoms with E-state index in [-0.39, 0.29) is 0 Å². The molecule has 2 nitrogen and oxygen atoms in total. The first-order valence-electron chi connectivity index (χ1n) is 6.37. The van der Waals surface area contributed by atoms with Gasteiger partial charge < -0.3 is 5.32 Å². The molecule has 1 rings (SSSR count). The second-order valence-corrected chi connectivity index (χ2v) is 5.00. The summed E-state index contributed by atoms with van der Waals surface area (Å²) in [5.41, 5.74) is 1.10. The van der Waals surface area contributed by atoms with Crippen LogP contribution in [0.15, 0.2) is 24.3 Å². The lowest BCUT2D eigenvalue weighted by molar-refractivity contribution is 0.231. The van der Waals surface area contributed by atoms with Crippen LogP contribution in [0.3, 0.4) is 0 Å². The SMILES string of the molecule is CCCN(CCNc1cccc(Cl)c1)C(C)C. The molecule has 0 saturated heterocycles. The molecule has 0 fully saturated rings. The molecule has 0 radical (unpaired) electrons. The molecule has 0 aliphatic heterocycles. The molecule has 1 N–H and O–H groups in total. The predicted octanol–water partition coefficient (Wildman–Crippen LogP) is 3.87. The fourth-order valence-electron chi connectivity index (χ4n) is 1.86. The molecule has 0 heterocycles. The fraction of sp³-hybridized carbons (Fsp3) is 0.571. The maximum absolute atomic E-state index is 5.94. The molecule has 1 aromatic rings. The van der Waals surface area contributed by atoms with E-state index in [2.05, 4.69) is 31.0 Å². The molecular formula is C14H23ClN2. The minimum absolute atomic E-state index is 0.608. The molecular weight excluding hydrogens is 232 g/mol. The zero-order valence-corrected chi connectivity index (χ0v) is 11.8. The number of hydrogen-bond donors (Lipinski definition) is 1. The van der Waals surface area contributed by atoms with Crippen LogP contribution in [0.1, 0.15) is 27.2 Å². The van der Waals surface area contributed by atoms with E-state index in [1.807, 2.05) is 24.3 Å². The molecule has 0 aliphatic carbocycles. The van der Waals surface area contributed by atoms with Crippen LogP contribution in [-0.4, -0.2) is 30.6 Å². The average molecular weight is 255 g/mol. The van der Waals surface area contributed by atoms with E-state index in [9.17, 15) is 0 Å². The normalized spacial score (nSPS) is 11.2. The zero-order valence-electron chi connectivity index (χ0n) is 11.0. The summed E-state index contributed by atoms with van der Waals surface area (Å²) >= 11 is 5.94. The van der Waals surface area contributed by atoms with E-state index in [0.717, 1.165) is 30.3 Å². The van der Waals surface area contributed by atoms with Crippen molar-refractivity contribution in [3.63, 3.8) is 0 Å². The molecule has 3 heteroatoms. The zero-order chi connectivity index (χ0) is 12.7. The maximum atomic E-state index is 5.94. The van der Waals surface area contributed by atoms with Crippen molar-refractivity contribution in [2.75, 3.05) is 25.0 Å². The van der Waals surface area contributed by atoms with E-state index in [1.165, 1.54) is 6.42 Å². The summed E-state index contributed by atoms with van der Waals surface area (Å²) in [6, 6.07) is 8.48. The Labute approximate surface area is 110 Å². The third-order valence-corrected chi connectivity index (χ3v) is 3.03. The predicted molar refractivity (Wildman–Crippen MR) is 76.9 cm³/mol. The van der Waals surface area contributed by atoms with Crippen LogP contribution in [0, 0.1) is 0 Å². The molecule has 0 unspecified atom stereocenters. The summed E-state index contributed by atoms with van der Waals surface area (Å²) in [4.78, 5) is 2.48. The number of benzene rings is 1. The van der Waals surface area contributed by atoms with Gasteiger partial charge in [0.15, 0.2) is 0 Å². The van der Waals surface area contributed by atoms with Crippen molar-refractivity contribution >= 4 is 17.3 Å². The van der Waals surface area contributed by atoms with Gasteiger partial charge in [0.1, 0.15) is 0 Å². The van der Waals surface area contributed by atoms with Crippen molar-refractivity contribution in [2.45, 2.75) is 33.2 Å². The summed E-state index contributed by atoms with van der Waals surface area (Å²) in [6.07, 6.45) is 1.20. The Morgan fingerprint density at radius 3 is 2.65 bits per heavy atom. The van der Waals surface area contributed by atoms with Gasteiger partial charge in [-0.3, -0.25) is 4.90 Å². The number of rotatable bonds is 7. The monoisotopic (exact) mass is 254 g/mol. The Hall–Kier alpha value is -0.730. The smallest absolute Gasteiger partial charge is 0.0426 e.